The highest BCUT2D eigenvalue weighted by Crippen LogP contribution is 2.29. The fraction of sp³-hybridized carbons (Fsp3) is 0.542. The highest BCUT2D eigenvalue weighted by atomic mass is 16.5. The van der Waals surface area contributed by atoms with Gasteiger partial charge in [0.05, 0.1) is 12.8 Å². The zero-order chi connectivity index (χ0) is 22.7. The van der Waals surface area contributed by atoms with Crippen molar-refractivity contribution < 1.29 is 9.53 Å². The summed E-state index contributed by atoms with van der Waals surface area (Å²) in [7, 11) is 1.72. The van der Waals surface area contributed by atoms with Gasteiger partial charge in [-0.25, -0.2) is 9.97 Å². The minimum Gasteiger partial charge on any atom is -0.495 e. The number of carbonyl (C=O) groups excluding carboxylic acids is 1. The molecule has 2 saturated heterocycles. The Bertz CT molecular complexity index is 942. The molecule has 2 aromatic rings. The van der Waals surface area contributed by atoms with E-state index < -0.39 is 0 Å². The van der Waals surface area contributed by atoms with E-state index in [0.717, 1.165) is 69.2 Å². The van der Waals surface area contributed by atoms with Crippen LogP contribution in [0.2, 0.25) is 0 Å². The number of nitrogen functional groups attached to an aromatic ring is 1. The summed E-state index contributed by atoms with van der Waals surface area (Å²) in [6.07, 6.45) is 2.11. The summed E-state index contributed by atoms with van der Waals surface area (Å²) >= 11 is 0. The van der Waals surface area contributed by atoms with Gasteiger partial charge in [-0.15, -0.1) is 0 Å². The van der Waals surface area contributed by atoms with Crippen LogP contribution in [-0.4, -0.2) is 78.1 Å². The van der Waals surface area contributed by atoms with Crippen LogP contribution in [0.25, 0.3) is 0 Å². The number of aromatic nitrogens is 2. The maximum absolute atomic E-state index is 13.2. The van der Waals surface area contributed by atoms with Crippen LogP contribution in [-0.2, 0) is 0 Å². The van der Waals surface area contributed by atoms with Crippen LogP contribution in [0.4, 0.5) is 11.6 Å². The average molecular weight is 439 g/mol. The van der Waals surface area contributed by atoms with Gasteiger partial charge < -0.3 is 20.3 Å². The molecule has 0 saturated carbocycles. The van der Waals surface area contributed by atoms with Gasteiger partial charge in [0.15, 0.2) is 0 Å². The molecule has 4 rings (SSSR count). The van der Waals surface area contributed by atoms with Gasteiger partial charge in [0.2, 0.25) is 5.95 Å². The number of hydrogen-bond acceptors (Lipinski definition) is 7. The molecule has 2 aliphatic heterocycles. The number of nitrogens with two attached hydrogens (primary N) is 1. The molecule has 0 spiro atoms. The number of benzene rings is 1. The number of methoxy groups -OCH3 is 1. The molecule has 32 heavy (non-hydrogen) atoms. The van der Waals surface area contributed by atoms with E-state index in [4.69, 9.17) is 10.5 Å². The van der Waals surface area contributed by atoms with Crippen molar-refractivity contribution >= 4 is 17.5 Å². The fourth-order valence-electron chi connectivity index (χ4n) is 4.71. The summed E-state index contributed by atoms with van der Waals surface area (Å²) in [4.78, 5) is 28.6. The van der Waals surface area contributed by atoms with Gasteiger partial charge in [-0.2, -0.15) is 0 Å². The molecule has 2 aliphatic rings. The summed E-state index contributed by atoms with van der Waals surface area (Å²) in [6.45, 7) is 9.42. The number of rotatable bonds is 5. The van der Waals surface area contributed by atoms with Crippen molar-refractivity contribution in [1.29, 1.82) is 0 Å². The van der Waals surface area contributed by atoms with Crippen molar-refractivity contribution in [1.82, 2.24) is 19.8 Å². The molecule has 1 aromatic heterocycles. The van der Waals surface area contributed by atoms with E-state index in [9.17, 15) is 4.79 Å². The molecule has 1 aromatic carbocycles. The van der Waals surface area contributed by atoms with Crippen LogP contribution in [0.3, 0.4) is 0 Å². The van der Waals surface area contributed by atoms with Crippen LogP contribution in [0, 0.1) is 0 Å². The van der Waals surface area contributed by atoms with Crippen molar-refractivity contribution in [3.63, 3.8) is 0 Å². The number of piperidine rings is 1. The van der Waals surface area contributed by atoms with E-state index in [2.05, 4.69) is 31.9 Å². The molecule has 2 N–H and O–H groups in total. The minimum absolute atomic E-state index is 0.0432. The first-order valence-corrected chi connectivity index (χ1v) is 11.5. The molecule has 3 heterocycles. The number of anilines is 2. The van der Waals surface area contributed by atoms with E-state index in [0.29, 0.717) is 11.7 Å². The van der Waals surface area contributed by atoms with Gasteiger partial charge in [-0.1, -0.05) is 26.0 Å². The average Bonchev–Trinajstić information content (AvgIpc) is 2.83. The molecule has 0 bridgehead atoms. The Kier molecular flexibility index (Phi) is 6.79. The highest BCUT2D eigenvalue weighted by Gasteiger charge is 2.31. The van der Waals surface area contributed by atoms with Crippen molar-refractivity contribution in [2.24, 2.45) is 0 Å². The second kappa shape index (κ2) is 9.73. The third-order valence-electron chi connectivity index (χ3n) is 6.51. The van der Waals surface area contributed by atoms with E-state index in [1.54, 1.807) is 13.2 Å². The van der Waals surface area contributed by atoms with E-state index in [1.807, 2.05) is 30.9 Å². The Morgan fingerprint density at radius 3 is 2.59 bits per heavy atom. The molecular formula is C24H34N6O2. The quantitative estimate of drug-likeness (QED) is 0.768. The summed E-state index contributed by atoms with van der Waals surface area (Å²) in [6, 6.07) is 10.3. The van der Waals surface area contributed by atoms with E-state index in [-0.39, 0.29) is 17.8 Å². The van der Waals surface area contributed by atoms with Crippen molar-refractivity contribution in [3.8, 4) is 5.75 Å². The lowest BCUT2D eigenvalue weighted by Gasteiger charge is -2.44. The van der Waals surface area contributed by atoms with Crippen LogP contribution < -0.4 is 15.4 Å². The standard InChI is InChI=1S/C24H34N6O2/c1-17(2)19-15-20(27-24(25)26-19)23(31)30-10-6-7-18(16-30)28-11-13-29(14-12-28)21-8-4-5-9-22(21)32-3/h4-5,8-9,15,17-18H,6-7,10-14,16H2,1-3H3,(H2,25,26,27)/t18-/m1/s1. The third-order valence-corrected chi connectivity index (χ3v) is 6.51. The number of carbonyl (C=O) groups is 1. The lowest BCUT2D eigenvalue weighted by molar-refractivity contribution is 0.0558. The predicted molar refractivity (Wildman–Crippen MR) is 126 cm³/mol. The highest BCUT2D eigenvalue weighted by molar-refractivity contribution is 5.92. The Morgan fingerprint density at radius 1 is 1.12 bits per heavy atom. The number of piperazine rings is 1. The Labute approximate surface area is 190 Å². The summed E-state index contributed by atoms with van der Waals surface area (Å²) in [5.41, 5.74) is 8.24. The molecule has 172 valence electrons. The van der Waals surface area contributed by atoms with Gasteiger partial charge in [-0.05, 0) is 37.0 Å². The Hall–Kier alpha value is -2.87. The fourth-order valence-corrected chi connectivity index (χ4v) is 4.71. The van der Waals surface area contributed by atoms with Gasteiger partial charge >= 0.3 is 0 Å². The van der Waals surface area contributed by atoms with Gasteiger partial charge in [0.1, 0.15) is 11.4 Å². The number of para-hydroxylation sites is 2. The second-order valence-electron chi connectivity index (χ2n) is 8.93. The maximum atomic E-state index is 13.2. The van der Waals surface area contributed by atoms with E-state index >= 15 is 0 Å². The van der Waals surface area contributed by atoms with E-state index in [1.165, 1.54) is 0 Å². The maximum Gasteiger partial charge on any atom is 0.272 e. The molecule has 1 atom stereocenters. The molecule has 0 radical (unpaired) electrons. The number of nitrogens with zero attached hydrogens (tertiary/aromatic N) is 5. The number of likely N-dealkylation sites (tertiary alicyclic amines) is 1. The Balaban J connectivity index is 1.39. The normalized spacial score (nSPS) is 19.9. The number of amides is 1. The van der Waals surface area contributed by atoms with Crippen LogP contribution in [0.5, 0.6) is 5.75 Å². The van der Waals surface area contributed by atoms with Crippen LogP contribution >= 0.6 is 0 Å². The first-order valence-electron chi connectivity index (χ1n) is 11.5. The first kappa shape index (κ1) is 22.3. The second-order valence-corrected chi connectivity index (χ2v) is 8.93. The van der Waals surface area contributed by atoms with Crippen molar-refractivity contribution in [2.45, 2.75) is 38.6 Å². The molecule has 2 fully saturated rings. The molecular weight excluding hydrogens is 404 g/mol. The van der Waals surface area contributed by atoms with Crippen molar-refractivity contribution in [3.05, 3.63) is 41.7 Å². The first-order chi connectivity index (χ1) is 15.5. The van der Waals surface area contributed by atoms with Gasteiger partial charge in [-0.3, -0.25) is 9.69 Å². The smallest absolute Gasteiger partial charge is 0.272 e. The SMILES string of the molecule is COc1ccccc1N1CCN([C@@H]2CCCN(C(=O)c3cc(C(C)C)nc(N)n3)C2)CC1. The third kappa shape index (κ3) is 4.80. The van der Waals surface area contributed by atoms with Gasteiger partial charge in [0, 0.05) is 51.0 Å². The van der Waals surface area contributed by atoms with Crippen molar-refractivity contribution in [2.75, 3.05) is 57.0 Å². The zero-order valence-electron chi connectivity index (χ0n) is 19.3. The number of hydrogen-bond donors (Lipinski definition) is 1. The lowest BCUT2D eigenvalue weighted by Crippen LogP contribution is -2.56. The molecule has 1 amide bonds. The summed E-state index contributed by atoms with van der Waals surface area (Å²) in [5, 5.41) is 0. The molecule has 8 nitrogen and oxygen atoms in total. The summed E-state index contributed by atoms with van der Waals surface area (Å²) in [5.74, 6) is 1.24. The molecule has 0 aliphatic carbocycles. The lowest BCUT2D eigenvalue weighted by atomic mass is 10.0. The van der Waals surface area contributed by atoms with Crippen LogP contribution in [0.15, 0.2) is 30.3 Å². The monoisotopic (exact) mass is 438 g/mol. The topological polar surface area (TPSA) is 87.8 Å². The molecule has 8 heteroatoms. The predicted octanol–water partition coefficient (Wildman–Crippen LogP) is 2.62. The summed E-state index contributed by atoms with van der Waals surface area (Å²) < 4.78 is 5.54. The van der Waals surface area contributed by atoms with Gasteiger partial charge in [0.25, 0.3) is 5.91 Å². The largest absolute Gasteiger partial charge is 0.495 e. The number of ether oxygens (including phenoxy) is 1. The zero-order valence-corrected chi connectivity index (χ0v) is 19.3. The molecule has 0 unspecified atom stereocenters. The Morgan fingerprint density at radius 2 is 1.88 bits per heavy atom. The van der Waals surface area contributed by atoms with Crippen LogP contribution in [0.1, 0.15) is 48.8 Å². The minimum atomic E-state index is -0.0432.